The fraction of sp³-hybridized carbons (Fsp3) is 0.188. The van der Waals surface area contributed by atoms with Crippen LogP contribution in [0.15, 0.2) is 48.5 Å². The van der Waals surface area contributed by atoms with E-state index in [1.807, 2.05) is 24.3 Å². The summed E-state index contributed by atoms with van der Waals surface area (Å²) in [5, 5.41) is 5.10. The van der Waals surface area contributed by atoms with Gasteiger partial charge in [-0.15, -0.1) is 0 Å². The van der Waals surface area contributed by atoms with E-state index in [0.717, 1.165) is 39.8 Å². The summed E-state index contributed by atoms with van der Waals surface area (Å²) in [5.41, 5.74) is 2.34. The number of fused-ring (bicyclic) bond motifs is 1. The molecule has 0 spiro atoms. The predicted molar refractivity (Wildman–Crippen MR) is 87.9 cm³/mol. The van der Waals surface area contributed by atoms with Crippen molar-refractivity contribution in [3.63, 3.8) is 0 Å². The second-order valence-electron chi connectivity index (χ2n) is 4.62. The molecule has 2 aromatic carbocycles. The van der Waals surface area contributed by atoms with Crippen LogP contribution in [0.3, 0.4) is 0 Å². The Hall–Kier alpha value is -1.58. The average molecular weight is 303 g/mol. The van der Waals surface area contributed by atoms with Crippen molar-refractivity contribution in [2.45, 2.75) is 12.8 Å². The van der Waals surface area contributed by atoms with Gasteiger partial charge in [0.25, 0.3) is 0 Å². The van der Waals surface area contributed by atoms with Crippen LogP contribution in [-0.4, -0.2) is 11.5 Å². The number of aryl methyl sites for hydroxylation is 1. The van der Waals surface area contributed by atoms with Crippen LogP contribution in [-0.2, 0) is 6.42 Å². The first-order valence-electron chi connectivity index (χ1n) is 6.66. The zero-order valence-corrected chi connectivity index (χ0v) is 12.5. The van der Waals surface area contributed by atoms with Crippen LogP contribution in [0.4, 0.5) is 5.13 Å². The van der Waals surface area contributed by atoms with Gasteiger partial charge < -0.3 is 5.32 Å². The second-order valence-corrected chi connectivity index (χ2v) is 6.03. The maximum Gasteiger partial charge on any atom is 0.183 e. The lowest BCUT2D eigenvalue weighted by molar-refractivity contribution is 0.862. The first kappa shape index (κ1) is 13.4. The Bertz CT molecular complexity index is 694. The van der Waals surface area contributed by atoms with Gasteiger partial charge in [-0.2, -0.15) is 0 Å². The third-order valence-electron chi connectivity index (χ3n) is 3.13. The van der Waals surface area contributed by atoms with Crippen LogP contribution >= 0.6 is 22.9 Å². The molecule has 0 aliphatic heterocycles. The van der Waals surface area contributed by atoms with E-state index in [1.54, 1.807) is 11.3 Å². The number of nitrogens with one attached hydrogen (secondary N) is 1. The highest BCUT2D eigenvalue weighted by Crippen LogP contribution is 2.31. The van der Waals surface area contributed by atoms with Gasteiger partial charge in [0.1, 0.15) is 0 Å². The Balaban J connectivity index is 1.56. The summed E-state index contributed by atoms with van der Waals surface area (Å²) in [6, 6.07) is 16.4. The normalized spacial score (nSPS) is 10.8. The number of anilines is 1. The van der Waals surface area contributed by atoms with Gasteiger partial charge in [-0.05, 0) is 30.5 Å². The summed E-state index contributed by atoms with van der Waals surface area (Å²) < 4.78 is 1.06. The van der Waals surface area contributed by atoms with Crippen LogP contribution in [0.5, 0.6) is 0 Å². The Labute approximate surface area is 127 Å². The van der Waals surface area contributed by atoms with Crippen LogP contribution in [0.25, 0.3) is 10.2 Å². The van der Waals surface area contributed by atoms with E-state index in [1.165, 1.54) is 5.56 Å². The topological polar surface area (TPSA) is 24.9 Å². The van der Waals surface area contributed by atoms with Crippen LogP contribution < -0.4 is 5.32 Å². The molecule has 0 radical (unpaired) electrons. The fourth-order valence-electron chi connectivity index (χ4n) is 2.12. The van der Waals surface area contributed by atoms with E-state index in [2.05, 4.69) is 34.6 Å². The average Bonchev–Trinajstić information content (AvgIpc) is 2.89. The lowest BCUT2D eigenvalue weighted by atomic mass is 10.1. The standard InChI is InChI=1S/C16H15ClN2S/c17-13-9-4-10-14-15(13)20-16(19-14)18-11-5-8-12-6-2-1-3-7-12/h1-4,6-7,9-10H,5,8,11H2,(H,18,19). The van der Waals surface area contributed by atoms with Crippen LogP contribution in [0.2, 0.25) is 5.02 Å². The SMILES string of the molecule is Clc1cccc2nc(NCCCc3ccccc3)sc12. The molecule has 20 heavy (non-hydrogen) atoms. The van der Waals surface area contributed by atoms with Gasteiger partial charge in [0.2, 0.25) is 0 Å². The van der Waals surface area contributed by atoms with Crippen molar-refractivity contribution in [1.82, 2.24) is 4.98 Å². The van der Waals surface area contributed by atoms with Crippen molar-refractivity contribution >= 4 is 38.3 Å². The van der Waals surface area contributed by atoms with Gasteiger partial charge in [-0.25, -0.2) is 4.98 Å². The highest BCUT2D eigenvalue weighted by atomic mass is 35.5. The fourth-order valence-corrected chi connectivity index (χ4v) is 3.30. The molecular weight excluding hydrogens is 288 g/mol. The van der Waals surface area contributed by atoms with Crippen molar-refractivity contribution in [3.8, 4) is 0 Å². The van der Waals surface area contributed by atoms with Gasteiger partial charge in [-0.1, -0.05) is 59.3 Å². The number of benzene rings is 2. The van der Waals surface area contributed by atoms with Gasteiger partial charge >= 0.3 is 0 Å². The minimum Gasteiger partial charge on any atom is -0.361 e. The van der Waals surface area contributed by atoms with E-state index < -0.39 is 0 Å². The van der Waals surface area contributed by atoms with Crippen molar-refractivity contribution in [2.24, 2.45) is 0 Å². The third kappa shape index (κ3) is 3.11. The Morgan fingerprint density at radius 2 is 1.90 bits per heavy atom. The number of rotatable bonds is 5. The molecule has 0 unspecified atom stereocenters. The van der Waals surface area contributed by atoms with Gasteiger partial charge in [0, 0.05) is 6.54 Å². The second kappa shape index (κ2) is 6.25. The number of halogens is 1. The number of hydrogen-bond acceptors (Lipinski definition) is 3. The number of thiazole rings is 1. The van der Waals surface area contributed by atoms with Gasteiger partial charge in [-0.3, -0.25) is 0 Å². The minimum atomic E-state index is 0.775. The maximum absolute atomic E-state index is 6.15. The minimum absolute atomic E-state index is 0.775. The summed E-state index contributed by atoms with van der Waals surface area (Å²) >= 11 is 7.77. The summed E-state index contributed by atoms with van der Waals surface area (Å²) in [5.74, 6) is 0. The zero-order chi connectivity index (χ0) is 13.8. The quantitative estimate of drug-likeness (QED) is 0.671. The molecule has 4 heteroatoms. The van der Waals surface area contributed by atoms with E-state index in [0.29, 0.717) is 0 Å². The van der Waals surface area contributed by atoms with E-state index in [4.69, 9.17) is 11.6 Å². The molecule has 0 saturated heterocycles. The van der Waals surface area contributed by atoms with E-state index >= 15 is 0 Å². The summed E-state index contributed by atoms with van der Waals surface area (Å²) in [7, 11) is 0. The summed E-state index contributed by atoms with van der Waals surface area (Å²) in [6.07, 6.45) is 2.17. The molecular formula is C16H15ClN2S. The maximum atomic E-state index is 6.15. The highest BCUT2D eigenvalue weighted by Gasteiger charge is 2.05. The monoisotopic (exact) mass is 302 g/mol. The van der Waals surface area contributed by atoms with Crippen molar-refractivity contribution < 1.29 is 0 Å². The number of nitrogens with zero attached hydrogens (tertiary/aromatic N) is 1. The molecule has 3 aromatic rings. The molecule has 1 N–H and O–H groups in total. The van der Waals surface area contributed by atoms with E-state index in [-0.39, 0.29) is 0 Å². The first-order valence-corrected chi connectivity index (χ1v) is 7.85. The van der Waals surface area contributed by atoms with Crippen molar-refractivity contribution in [2.75, 3.05) is 11.9 Å². The Morgan fingerprint density at radius 3 is 2.70 bits per heavy atom. The number of aromatic nitrogens is 1. The molecule has 102 valence electrons. The smallest absolute Gasteiger partial charge is 0.183 e. The van der Waals surface area contributed by atoms with Crippen molar-refractivity contribution in [1.29, 1.82) is 0 Å². The van der Waals surface area contributed by atoms with Gasteiger partial charge in [0.15, 0.2) is 5.13 Å². The molecule has 0 bridgehead atoms. The summed E-state index contributed by atoms with van der Waals surface area (Å²) in [4.78, 5) is 4.54. The molecule has 1 heterocycles. The first-order chi connectivity index (χ1) is 9.83. The molecule has 0 aliphatic carbocycles. The molecule has 2 nitrogen and oxygen atoms in total. The highest BCUT2D eigenvalue weighted by molar-refractivity contribution is 7.22. The van der Waals surface area contributed by atoms with Gasteiger partial charge in [0.05, 0.1) is 15.2 Å². The molecule has 0 atom stereocenters. The van der Waals surface area contributed by atoms with Crippen molar-refractivity contribution in [3.05, 3.63) is 59.1 Å². The Morgan fingerprint density at radius 1 is 1.05 bits per heavy atom. The van der Waals surface area contributed by atoms with Crippen LogP contribution in [0, 0.1) is 0 Å². The largest absolute Gasteiger partial charge is 0.361 e. The molecule has 0 amide bonds. The molecule has 3 rings (SSSR count). The lowest BCUT2D eigenvalue weighted by Crippen LogP contribution is -2.02. The zero-order valence-electron chi connectivity index (χ0n) is 11.0. The lowest BCUT2D eigenvalue weighted by Gasteiger charge is -2.02. The Kier molecular flexibility index (Phi) is 4.19. The molecule has 0 fully saturated rings. The summed E-state index contributed by atoms with van der Waals surface area (Å²) in [6.45, 7) is 0.923. The van der Waals surface area contributed by atoms with E-state index in [9.17, 15) is 0 Å². The van der Waals surface area contributed by atoms with Crippen LogP contribution in [0.1, 0.15) is 12.0 Å². The predicted octanol–water partition coefficient (Wildman–Crippen LogP) is 4.99. The third-order valence-corrected chi connectivity index (χ3v) is 4.62. The molecule has 0 aliphatic rings. The molecule has 1 aromatic heterocycles. The molecule has 0 saturated carbocycles. The number of hydrogen-bond donors (Lipinski definition) is 1.